The van der Waals surface area contributed by atoms with Crippen molar-refractivity contribution in [2.24, 2.45) is 23.7 Å². The summed E-state index contributed by atoms with van der Waals surface area (Å²) >= 11 is 0. The molecule has 3 N–H and O–H groups in total. The number of carbonyl (C=O) groups is 3. The van der Waals surface area contributed by atoms with Crippen molar-refractivity contribution in [2.75, 3.05) is 0 Å². The van der Waals surface area contributed by atoms with Gasteiger partial charge >= 0.3 is 5.97 Å². The molecule has 2 amide bonds. The molecular formula is C20H26N2O4. The molecule has 6 nitrogen and oxygen atoms in total. The number of carboxylic acid groups (broad SMARTS) is 1. The average Bonchev–Trinajstić information content (AvgIpc) is 3.19. The third-order valence-electron chi connectivity index (χ3n) is 5.82. The molecule has 0 unspecified atom stereocenters. The Morgan fingerprint density at radius 3 is 2.08 bits per heavy atom. The number of carbonyl (C=O) groups excluding carboxylic acids is 2. The first-order chi connectivity index (χ1) is 12.2. The topological polar surface area (TPSA) is 95.5 Å². The number of rotatable bonds is 3. The fourth-order valence-electron chi connectivity index (χ4n) is 4.42. The maximum atomic E-state index is 12.5. The van der Waals surface area contributed by atoms with Gasteiger partial charge in [-0.1, -0.05) is 32.9 Å². The minimum Gasteiger partial charge on any atom is -0.481 e. The van der Waals surface area contributed by atoms with Gasteiger partial charge in [0.25, 0.3) is 5.91 Å². The first kappa shape index (κ1) is 18.4. The van der Waals surface area contributed by atoms with Crippen molar-refractivity contribution in [3.63, 3.8) is 0 Å². The second-order valence-corrected chi connectivity index (χ2v) is 8.49. The Morgan fingerprint density at radius 1 is 0.962 bits per heavy atom. The summed E-state index contributed by atoms with van der Waals surface area (Å²) in [5.41, 5.74) is 6.41. The summed E-state index contributed by atoms with van der Waals surface area (Å²) in [5.74, 6) is -2.75. The van der Waals surface area contributed by atoms with Gasteiger partial charge in [-0.3, -0.25) is 25.2 Å². The zero-order chi connectivity index (χ0) is 19.1. The van der Waals surface area contributed by atoms with Crippen LogP contribution in [0.5, 0.6) is 0 Å². The summed E-state index contributed by atoms with van der Waals surface area (Å²) in [4.78, 5) is 36.3. The van der Waals surface area contributed by atoms with E-state index >= 15 is 0 Å². The van der Waals surface area contributed by atoms with Crippen molar-refractivity contribution in [3.8, 4) is 0 Å². The minimum atomic E-state index is -0.915. The van der Waals surface area contributed by atoms with Gasteiger partial charge in [0.05, 0.1) is 11.8 Å². The Labute approximate surface area is 153 Å². The Kier molecular flexibility index (Phi) is 4.78. The fourth-order valence-corrected chi connectivity index (χ4v) is 4.42. The van der Waals surface area contributed by atoms with Crippen LogP contribution in [0.15, 0.2) is 24.3 Å². The molecule has 0 aliphatic heterocycles. The molecule has 1 aromatic carbocycles. The highest BCUT2D eigenvalue weighted by molar-refractivity contribution is 5.96. The van der Waals surface area contributed by atoms with Crippen molar-refractivity contribution in [1.29, 1.82) is 0 Å². The lowest BCUT2D eigenvalue weighted by Gasteiger charge is -2.27. The molecule has 2 aliphatic carbocycles. The predicted molar refractivity (Wildman–Crippen MR) is 96.2 cm³/mol. The van der Waals surface area contributed by atoms with E-state index < -0.39 is 29.6 Å². The largest absolute Gasteiger partial charge is 0.481 e. The molecular weight excluding hydrogens is 332 g/mol. The first-order valence-electron chi connectivity index (χ1n) is 9.12. The van der Waals surface area contributed by atoms with Gasteiger partial charge in [-0.25, -0.2) is 0 Å². The standard InChI is InChI=1S/C20H26N2O4/c1-20(2,3)14-8-6-11(7-9-14)17(23)21-22-18(24)15-12-4-5-13(10-12)16(15)19(25)26/h6-9,12-13,15-16H,4-5,10H2,1-3H3,(H,21,23)(H,22,24)(H,25,26)/t12-,13-,15-,16-/m0/s1. The summed E-state index contributed by atoms with van der Waals surface area (Å²) in [6.45, 7) is 6.28. The molecule has 0 radical (unpaired) electrons. The number of hydrazine groups is 1. The number of hydrogen-bond donors (Lipinski definition) is 3. The van der Waals surface area contributed by atoms with Crippen LogP contribution in [-0.2, 0) is 15.0 Å². The van der Waals surface area contributed by atoms with E-state index in [4.69, 9.17) is 0 Å². The number of amides is 2. The van der Waals surface area contributed by atoms with Gasteiger partial charge in [-0.2, -0.15) is 0 Å². The molecule has 2 bridgehead atoms. The Bertz CT molecular complexity index is 720. The number of nitrogens with one attached hydrogen (secondary N) is 2. The van der Waals surface area contributed by atoms with Crippen LogP contribution in [-0.4, -0.2) is 22.9 Å². The van der Waals surface area contributed by atoms with E-state index in [1.165, 1.54) is 0 Å². The van der Waals surface area contributed by atoms with Crippen LogP contribution in [0.25, 0.3) is 0 Å². The predicted octanol–water partition coefficient (Wildman–Crippen LogP) is 2.49. The van der Waals surface area contributed by atoms with E-state index in [0.29, 0.717) is 5.56 Å². The lowest BCUT2D eigenvalue weighted by Crippen LogP contribution is -2.48. The highest BCUT2D eigenvalue weighted by atomic mass is 16.4. The number of benzene rings is 1. The molecule has 3 rings (SSSR count). The SMILES string of the molecule is CC(C)(C)c1ccc(C(=O)NNC(=O)[C@H]2[C@H]3CC[C@@H](C3)[C@@H]2C(=O)O)cc1. The van der Waals surface area contributed by atoms with Gasteiger partial charge < -0.3 is 5.11 Å². The van der Waals surface area contributed by atoms with Crippen LogP contribution < -0.4 is 10.9 Å². The quantitative estimate of drug-likeness (QED) is 0.724. The summed E-state index contributed by atoms with van der Waals surface area (Å²) in [7, 11) is 0. The van der Waals surface area contributed by atoms with Crippen LogP contribution in [0, 0.1) is 23.7 Å². The Morgan fingerprint density at radius 2 is 1.54 bits per heavy atom. The Hall–Kier alpha value is -2.37. The molecule has 0 aromatic heterocycles. The normalized spacial score (nSPS) is 27.2. The monoisotopic (exact) mass is 358 g/mol. The maximum Gasteiger partial charge on any atom is 0.307 e. The molecule has 0 saturated heterocycles. The zero-order valence-corrected chi connectivity index (χ0v) is 15.4. The van der Waals surface area contributed by atoms with E-state index in [1.54, 1.807) is 12.1 Å². The van der Waals surface area contributed by atoms with E-state index in [0.717, 1.165) is 24.8 Å². The van der Waals surface area contributed by atoms with Crippen LogP contribution >= 0.6 is 0 Å². The van der Waals surface area contributed by atoms with Gasteiger partial charge in [0.15, 0.2) is 0 Å². The van der Waals surface area contributed by atoms with Crippen LogP contribution in [0.1, 0.15) is 56.0 Å². The van der Waals surface area contributed by atoms with Crippen molar-refractivity contribution >= 4 is 17.8 Å². The average molecular weight is 358 g/mol. The van der Waals surface area contributed by atoms with Crippen molar-refractivity contribution in [3.05, 3.63) is 35.4 Å². The number of fused-ring (bicyclic) bond motifs is 2. The van der Waals surface area contributed by atoms with Crippen molar-refractivity contribution in [1.82, 2.24) is 10.9 Å². The number of hydrogen-bond acceptors (Lipinski definition) is 3. The van der Waals surface area contributed by atoms with E-state index in [-0.39, 0.29) is 17.3 Å². The molecule has 0 spiro atoms. The van der Waals surface area contributed by atoms with Gasteiger partial charge in [0.2, 0.25) is 5.91 Å². The van der Waals surface area contributed by atoms with Gasteiger partial charge in [0, 0.05) is 5.56 Å². The smallest absolute Gasteiger partial charge is 0.307 e. The molecule has 140 valence electrons. The molecule has 26 heavy (non-hydrogen) atoms. The van der Waals surface area contributed by atoms with Gasteiger partial charge in [-0.05, 0) is 54.2 Å². The van der Waals surface area contributed by atoms with Gasteiger partial charge in [0.1, 0.15) is 0 Å². The highest BCUT2D eigenvalue weighted by Crippen LogP contribution is 2.52. The molecule has 6 heteroatoms. The van der Waals surface area contributed by atoms with E-state index in [9.17, 15) is 19.5 Å². The van der Waals surface area contributed by atoms with Gasteiger partial charge in [-0.15, -0.1) is 0 Å². The molecule has 2 fully saturated rings. The Balaban J connectivity index is 1.61. The molecule has 2 saturated carbocycles. The minimum absolute atomic E-state index is 0.00312. The molecule has 2 aliphatic rings. The lowest BCUT2D eigenvalue weighted by atomic mass is 9.79. The third kappa shape index (κ3) is 3.45. The van der Waals surface area contributed by atoms with E-state index in [2.05, 4.69) is 31.6 Å². The molecule has 4 atom stereocenters. The summed E-state index contributed by atoms with van der Waals surface area (Å²) < 4.78 is 0. The van der Waals surface area contributed by atoms with E-state index in [1.807, 2.05) is 12.1 Å². The highest BCUT2D eigenvalue weighted by Gasteiger charge is 2.54. The fraction of sp³-hybridized carbons (Fsp3) is 0.550. The second-order valence-electron chi connectivity index (χ2n) is 8.49. The number of aliphatic carboxylic acids is 1. The van der Waals surface area contributed by atoms with Crippen LogP contribution in [0.4, 0.5) is 0 Å². The summed E-state index contributed by atoms with van der Waals surface area (Å²) in [6, 6.07) is 7.24. The van der Waals surface area contributed by atoms with Crippen molar-refractivity contribution < 1.29 is 19.5 Å². The first-order valence-corrected chi connectivity index (χ1v) is 9.12. The lowest BCUT2D eigenvalue weighted by molar-refractivity contribution is -0.149. The maximum absolute atomic E-state index is 12.5. The molecule has 1 aromatic rings. The second kappa shape index (κ2) is 6.74. The van der Waals surface area contributed by atoms with Crippen LogP contribution in [0.3, 0.4) is 0 Å². The third-order valence-corrected chi connectivity index (χ3v) is 5.82. The van der Waals surface area contributed by atoms with Crippen molar-refractivity contribution in [2.45, 2.75) is 45.4 Å². The summed E-state index contributed by atoms with van der Waals surface area (Å²) in [5, 5.41) is 9.43. The number of carboxylic acids is 1. The summed E-state index contributed by atoms with van der Waals surface area (Å²) in [6.07, 6.45) is 2.55. The van der Waals surface area contributed by atoms with Crippen LogP contribution in [0.2, 0.25) is 0 Å². The zero-order valence-electron chi connectivity index (χ0n) is 15.4. The molecule has 0 heterocycles.